The summed E-state index contributed by atoms with van der Waals surface area (Å²) in [6, 6.07) is 10.2. The summed E-state index contributed by atoms with van der Waals surface area (Å²) in [7, 11) is 0. The predicted octanol–water partition coefficient (Wildman–Crippen LogP) is 3.45. The van der Waals surface area contributed by atoms with Gasteiger partial charge in [-0.25, -0.2) is 9.97 Å². The van der Waals surface area contributed by atoms with Crippen LogP contribution in [0, 0.1) is 11.3 Å². The van der Waals surface area contributed by atoms with Crippen LogP contribution in [-0.4, -0.2) is 32.6 Å². The van der Waals surface area contributed by atoms with Crippen LogP contribution in [0.5, 0.6) is 0 Å². The van der Waals surface area contributed by atoms with Crippen molar-refractivity contribution in [3.8, 4) is 17.3 Å². The van der Waals surface area contributed by atoms with Gasteiger partial charge in [0.25, 0.3) is 0 Å². The Bertz CT molecular complexity index is 1180. The van der Waals surface area contributed by atoms with E-state index in [1.807, 2.05) is 30.5 Å². The molecule has 26 heavy (non-hydrogen) atoms. The van der Waals surface area contributed by atoms with Crippen molar-refractivity contribution in [3.63, 3.8) is 0 Å². The lowest BCUT2D eigenvalue weighted by Gasteiger charge is -2.43. The number of H-pyrrole nitrogens is 1. The lowest BCUT2D eigenvalue weighted by molar-refractivity contribution is 0.187. The van der Waals surface area contributed by atoms with Crippen LogP contribution in [-0.2, 0) is 5.54 Å². The third kappa shape index (κ3) is 2.08. The molecule has 4 heterocycles. The van der Waals surface area contributed by atoms with E-state index in [-0.39, 0.29) is 5.54 Å². The molecule has 0 aliphatic carbocycles. The highest BCUT2D eigenvalue weighted by molar-refractivity contribution is 6.31. The monoisotopic (exact) mass is 362 g/mol. The van der Waals surface area contributed by atoms with Crippen LogP contribution in [0.2, 0.25) is 5.02 Å². The average molecular weight is 363 g/mol. The quantitative estimate of drug-likeness (QED) is 0.584. The van der Waals surface area contributed by atoms with Gasteiger partial charge >= 0.3 is 0 Å². The average Bonchev–Trinajstić information content (AvgIpc) is 3.22. The van der Waals surface area contributed by atoms with Gasteiger partial charge in [-0.2, -0.15) is 5.26 Å². The maximum atomic E-state index is 9.35. The number of benzene rings is 1. The third-order valence-electron chi connectivity index (χ3n) is 5.20. The summed E-state index contributed by atoms with van der Waals surface area (Å²) in [6.45, 7) is 1.53. The Hall–Kier alpha value is -2.88. The number of halogens is 1. The zero-order chi connectivity index (χ0) is 17.7. The molecule has 0 radical (unpaired) electrons. The molecule has 128 valence electrons. The fourth-order valence-corrected chi connectivity index (χ4v) is 3.98. The van der Waals surface area contributed by atoms with Crippen LogP contribution in [0.1, 0.15) is 6.42 Å². The molecular formula is C19H15ClN6. The Kier molecular flexibility index (Phi) is 3.29. The topological polar surface area (TPSA) is 82.3 Å². The molecule has 5 rings (SSSR count). The second-order valence-corrected chi connectivity index (χ2v) is 7.14. The van der Waals surface area contributed by atoms with Crippen molar-refractivity contribution in [3.05, 3.63) is 48.0 Å². The van der Waals surface area contributed by atoms with Gasteiger partial charge in [-0.15, -0.1) is 0 Å². The van der Waals surface area contributed by atoms with Crippen LogP contribution in [0.3, 0.4) is 0 Å². The smallest absolute Gasteiger partial charge is 0.141 e. The van der Waals surface area contributed by atoms with E-state index < -0.39 is 0 Å². The van der Waals surface area contributed by atoms with Gasteiger partial charge in [0.15, 0.2) is 0 Å². The summed E-state index contributed by atoms with van der Waals surface area (Å²) >= 11 is 6.29. The van der Waals surface area contributed by atoms with E-state index >= 15 is 0 Å². The van der Waals surface area contributed by atoms with E-state index in [0.717, 1.165) is 46.3 Å². The molecule has 1 aliphatic heterocycles. The van der Waals surface area contributed by atoms with E-state index in [1.165, 1.54) is 0 Å². The van der Waals surface area contributed by atoms with Gasteiger partial charge < -0.3 is 14.9 Å². The summed E-state index contributed by atoms with van der Waals surface area (Å²) in [5.41, 5.74) is 3.48. The summed E-state index contributed by atoms with van der Waals surface area (Å²) in [4.78, 5) is 12.0. The summed E-state index contributed by atoms with van der Waals surface area (Å²) in [5, 5.41) is 15.4. The highest BCUT2D eigenvalue weighted by Gasteiger charge is 2.40. The third-order valence-corrected chi connectivity index (χ3v) is 5.44. The molecule has 0 unspecified atom stereocenters. The molecule has 0 amide bonds. The van der Waals surface area contributed by atoms with Crippen molar-refractivity contribution >= 4 is 33.5 Å². The minimum Gasteiger partial charge on any atom is -0.346 e. The van der Waals surface area contributed by atoms with E-state index in [1.54, 1.807) is 6.33 Å². The highest BCUT2D eigenvalue weighted by atomic mass is 35.5. The molecule has 1 aromatic carbocycles. The zero-order valence-electron chi connectivity index (χ0n) is 13.8. The number of aromatic nitrogens is 4. The van der Waals surface area contributed by atoms with Crippen LogP contribution in [0.25, 0.3) is 33.2 Å². The summed E-state index contributed by atoms with van der Waals surface area (Å²) in [6.07, 6.45) is 5.99. The van der Waals surface area contributed by atoms with E-state index in [0.29, 0.717) is 11.4 Å². The van der Waals surface area contributed by atoms with Crippen LogP contribution < -0.4 is 5.32 Å². The maximum absolute atomic E-state index is 9.35. The van der Waals surface area contributed by atoms with Gasteiger partial charge in [0.05, 0.1) is 29.2 Å². The molecule has 4 aromatic rings. The Balaban J connectivity index is 1.82. The molecule has 0 bridgehead atoms. The van der Waals surface area contributed by atoms with Crippen molar-refractivity contribution in [1.82, 2.24) is 24.8 Å². The first kappa shape index (κ1) is 15.4. The maximum Gasteiger partial charge on any atom is 0.141 e. The molecule has 2 N–H and O–H groups in total. The van der Waals surface area contributed by atoms with Crippen molar-refractivity contribution < 1.29 is 0 Å². The number of nitrogens with one attached hydrogen (secondary N) is 2. The molecule has 0 saturated carbocycles. The predicted molar refractivity (Wildman–Crippen MR) is 101 cm³/mol. The highest BCUT2D eigenvalue weighted by Crippen LogP contribution is 2.39. The lowest BCUT2D eigenvalue weighted by Crippen LogP contribution is -2.60. The minimum absolute atomic E-state index is 0.250. The Morgan fingerprint density at radius 3 is 2.88 bits per heavy atom. The number of aromatic amines is 1. The summed E-state index contributed by atoms with van der Waals surface area (Å²) in [5.74, 6) is 0. The molecule has 3 aromatic heterocycles. The van der Waals surface area contributed by atoms with Gasteiger partial charge in [0, 0.05) is 46.8 Å². The number of hydrogen-bond acceptors (Lipinski definition) is 4. The molecule has 6 nitrogen and oxygen atoms in total. The van der Waals surface area contributed by atoms with Gasteiger partial charge in [-0.05, 0) is 18.2 Å². The molecule has 7 heteroatoms. The Morgan fingerprint density at radius 2 is 2.12 bits per heavy atom. The first-order chi connectivity index (χ1) is 12.7. The van der Waals surface area contributed by atoms with Gasteiger partial charge in [0.1, 0.15) is 12.0 Å². The number of nitrogens with zero attached hydrogens (tertiary/aromatic N) is 4. The van der Waals surface area contributed by atoms with Crippen LogP contribution >= 0.6 is 11.6 Å². The number of rotatable bonds is 3. The second kappa shape index (κ2) is 5.56. The molecular weight excluding hydrogens is 348 g/mol. The van der Waals surface area contributed by atoms with E-state index in [2.05, 4.69) is 37.1 Å². The molecule has 1 aliphatic rings. The van der Waals surface area contributed by atoms with Crippen LogP contribution in [0.15, 0.2) is 43.0 Å². The Morgan fingerprint density at radius 1 is 1.23 bits per heavy atom. The lowest BCUT2D eigenvalue weighted by atomic mass is 9.88. The van der Waals surface area contributed by atoms with Crippen LogP contribution in [0.4, 0.5) is 0 Å². The van der Waals surface area contributed by atoms with Crippen molar-refractivity contribution in [1.29, 1.82) is 5.26 Å². The Labute approximate surface area is 154 Å². The normalized spacial score (nSPS) is 15.8. The van der Waals surface area contributed by atoms with Gasteiger partial charge in [-0.3, -0.25) is 0 Å². The SMILES string of the molecule is N#CCC1(n2cc(-c3ncnc4[nH]ccc34)c3ccc(Cl)cc32)CNC1. The molecule has 1 fully saturated rings. The summed E-state index contributed by atoms with van der Waals surface area (Å²) < 4.78 is 2.20. The van der Waals surface area contributed by atoms with E-state index in [4.69, 9.17) is 11.6 Å². The molecule has 1 saturated heterocycles. The largest absolute Gasteiger partial charge is 0.346 e. The zero-order valence-corrected chi connectivity index (χ0v) is 14.6. The fourth-order valence-electron chi connectivity index (χ4n) is 3.81. The first-order valence-corrected chi connectivity index (χ1v) is 8.77. The number of hydrogen-bond donors (Lipinski definition) is 2. The number of fused-ring (bicyclic) bond motifs is 2. The van der Waals surface area contributed by atoms with Gasteiger partial charge in [-0.1, -0.05) is 17.7 Å². The molecule has 0 spiro atoms. The standard InChI is InChI=1S/C19H15ClN6/c20-12-1-2-13-15(17-14-3-6-23-18(14)25-11-24-17)8-26(16(13)7-12)19(4-5-21)9-22-10-19/h1-3,6-8,11,22H,4,9-10H2,(H,23,24,25). The van der Waals surface area contributed by atoms with Crippen molar-refractivity contribution in [2.45, 2.75) is 12.0 Å². The van der Waals surface area contributed by atoms with Crippen molar-refractivity contribution in [2.24, 2.45) is 0 Å². The second-order valence-electron chi connectivity index (χ2n) is 6.70. The molecule has 0 atom stereocenters. The van der Waals surface area contributed by atoms with Gasteiger partial charge in [0.2, 0.25) is 0 Å². The van der Waals surface area contributed by atoms with Crippen molar-refractivity contribution in [2.75, 3.05) is 13.1 Å². The van der Waals surface area contributed by atoms with E-state index in [9.17, 15) is 5.26 Å². The first-order valence-electron chi connectivity index (χ1n) is 8.39. The fraction of sp³-hybridized carbons (Fsp3) is 0.211. The number of nitriles is 1. The minimum atomic E-state index is -0.250.